The van der Waals surface area contributed by atoms with Crippen LogP contribution in [0.15, 0.2) is 23.3 Å². The first-order chi connectivity index (χ1) is 8.18. The molecule has 0 bridgehead atoms. The molecule has 5 heteroatoms. The van der Waals surface area contributed by atoms with E-state index in [2.05, 4.69) is 29.0 Å². The molecule has 0 saturated heterocycles. The van der Waals surface area contributed by atoms with Crippen molar-refractivity contribution in [2.45, 2.75) is 19.8 Å². The van der Waals surface area contributed by atoms with Crippen LogP contribution >= 0.6 is 11.6 Å². The molecule has 2 rings (SSSR count). The van der Waals surface area contributed by atoms with E-state index in [0.717, 1.165) is 12.8 Å². The lowest BCUT2D eigenvalue weighted by Gasteiger charge is -2.24. The highest BCUT2D eigenvalue weighted by molar-refractivity contribution is 6.31. The van der Waals surface area contributed by atoms with Gasteiger partial charge in [0, 0.05) is 0 Å². The molecule has 4 nitrogen and oxygen atoms in total. The van der Waals surface area contributed by atoms with Gasteiger partial charge in [0.15, 0.2) is 5.02 Å². The van der Waals surface area contributed by atoms with Gasteiger partial charge in [0.25, 0.3) is 5.56 Å². The van der Waals surface area contributed by atoms with E-state index in [9.17, 15) is 4.79 Å². The minimum absolute atomic E-state index is 0.0199. The number of aromatic nitrogens is 2. The highest BCUT2D eigenvalue weighted by Crippen LogP contribution is 2.26. The van der Waals surface area contributed by atoms with E-state index in [1.807, 2.05) is 0 Å². The zero-order valence-electron chi connectivity index (χ0n) is 9.65. The van der Waals surface area contributed by atoms with Crippen LogP contribution < -0.4 is 10.3 Å². The molecule has 92 valence electrons. The standard InChI is InChI=1S/C12H15ClN2O2/c1-8-4-2-3-5-9(8)6-17-12-10(13)11(16)14-7-15-12/h2-3,7-9H,4-6H2,1H3,(H,14,15,16). The van der Waals surface area contributed by atoms with Crippen LogP contribution in [0.25, 0.3) is 0 Å². The van der Waals surface area contributed by atoms with E-state index < -0.39 is 0 Å². The molecule has 2 atom stereocenters. The van der Waals surface area contributed by atoms with Crippen LogP contribution in [0.2, 0.25) is 5.02 Å². The fourth-order valence-corrected chi connectivity index (χ4v) is 2.05. The van der Waals surface area contributed by atoms with E-state index in [1.54, 1.807) is 0 Å². The second kappa shape index (κ2) is 5.36. The molecule has 0 saturated carbocycles. The monoisotopic (exact) mass is 254 g/mol. The molecule has 2 unspecified atom stereocenters. The number of allylic oxidation sites excluding steroid dienone is 2. The summed E-state index contributed by atoms with van der Waals surface area (Å²) in [6.45, 7) is 2.74. The number of H-pyrrole nitrogens is 1. The number of hydrogen-bond donors (Lipinski definition) is 1. The summed E-state index contributed by atoms with van der Waals surface area (Å²) in [5.74, 6) is 1.26. The van der Waals surface area contributed by atoms with Gasteiger partial charge in [0.1, 0.15) is 0 Å². The first-order valence-corrected chi connectivity index (χ1v) is 6.07. The second-order valence-corrected chi connectivity index (χ2v) is 4.72. The van der Waals surface area contributed by atoms with Crippen LogP contribution in [0.5, 0.6) is 5.88 Å². The average molecular weight is 255 g/mol. The summed E-state index contributed by atoms with van der Waals surface area (Å²) < 4.78 is 5.53. The van der Waals surface area contributed by atoms with Crippen molar-refractivity contribution in [2.75, 3.05) is 6.61 Å². The molecule has 1 N–H and O–H groups in total. The molecule has 0 fully saturated rings. The first-order valence-electron chi connectivity index (χ1n) is 5.69. The Bertz CT molecular complexity index is 470. The normalized spacial score (nSPS) is 23.6. The van der Waals surface area contributed by atoms with Crippen LogP contribution in [0.4, 0.5) is 0 Å². The van der Waals surface area contributed by atoms with Crippen molar-refractivity contribution in [2.24, 2.45) is 11.8 Å². The summed E-state index contributed by atoms with van der Waals surface area (Å²) in [7, 11) is 0. The molecule has 17 heavy (non-hydrogen) atoms. The van der Waals surface area contributed by atoms with Gasteiger partial charge in [0.2, 0.25) is 5.88 Å². The van der Waals surface area contributed by atoms with Crippen LogP contribution in [0.3, 0.4) is 0 Å². The molecule has 0 aromatic carbocycles. The third-order valence-corrected chi connectivity index (χ3v) is 3.45. The number of hydrogen-bond acceptors (Lipinski definition) is 3. The SMILES string of the molecule is CC1CC=CCC1COc1nc[nH]c(=O)c1Cl. The van der Waals surface area contributed by atoms with Crippen LogP contribution in [-0.4, -0.2) is 16.6 Å². The van der Waals surface area contributed by atoms with Crippen molar-refractivity contribution in [1.82, 2.24) is 9.97 Å². The predicted molar refractivity (Wildman–Crippen MR) is 66.4 cm³/mol. The van der Waals surface area contributed by atoms with Crippen molar-refractivity contribution >= 4 is 11.6 Å². The Morgan fingerprint density at radius 3 is 3.06 bits per heavy atom. The van der Waals surface area contributed by atoms with E-state index >= 15 is 0 Å². The van der Waals surface area contributed by atoms with Crippen molar-refractivity contribution in [3.8, 4) is 5.88 Å². The first kappa shape index (κ1) is 12.2. The molecule has 1 aliphatic carbocycles. The maximum absolute atomic E-state index is 11.2. The molecule has 0 spiro atoms. The zero-order chi connectivity index (χ0) is 12.3. The molecular weight excluding hydrogens is 240 g/mol. The summed E-state index contributed by atoms with van der Waals surface area (Å²) in [6, 6.07) is 0. The number of nitrogens with one attached hydrogen (secondary N) is 1. The van der Waals surface area contributed by atoms with Crippen molar-refractivity contribution in [1.29, 1.82) is 0 Å². The van der Waals surface area contributed by atoms with Gasteiger partial charge >= 0.3 is 0 Å². The quantitative estimate of drug-likeness (QED) is 0.843. The second-order valence-electron chi connectivity index (χ2n) is 4.34. The number of aromatic amines is 1. The van der Waals surface area contributed by atoms with Gasteiger partial charge in [-0.2, -0.15) is 0 Å². The third kappa shape index (κ3) is 2.88. The Hall–Kier alpha value is -1.29. The average Bonchev–Trinajstić information content (AvgIpc) is 2.33. The van der Waals surface area contributed by atoms with Crippen molar-refractivity contribution < 1.29 is 4.74 Å². The van der Waals surface area contributed by atoms with E-state index in [-0.39, 0.29) is 16.5 Å². The molecule has 0 radical (unpaired) electrons. The van der Waals surface area contributed by atoms with Crippen LogP contribution in [0, 0.1) is 11.8 Å². The maximum atomic E-state index is 11.2. The minimum Gasteiger partial charge on any atom is -0.476 e. The van der Waals surface area contributed by atoms with Crippen molar-refractivity contribution in [3.05, 3.63) is 33.9 Å². The molecule has 1 aliphatic rings. The van der Waals surface area contributed by atoms with Gasteiger partial charge in [-0.1, -0.05) is 30.7 Å². The molecular formula is C12H15ClN2O2. The van der Waals surface area contributed by atoms with Crippen molar-refractivity contribution in [3.63, 3.8) is 0 Å². The summed E-state index contributed by atoms with van der Waals surface area (Å²) in [4.78, 5) is 17.6. The number of nitrogens with zero attached hydrogens (tertiary/aromatic N) is 1. The zero-order valence-corrected chi connectivity index (χ0v) is 10.4. The molecule has 0 amide bonds. The molecule has 1 aromatic heterocycles. The Labute approximate surface area is 105 Å². The Morgan fingerprint density at radius 2 is 2.29 bits per heavy atom. The predicted octanol–water partition coefficient (Wildman–Crippen LogP) is 2.40. The Kier molecular flexibility index (Phi) is 3.84. The lowest BCUT2D eigenvalue weighted by atomic mass is 9.85. The van der Waals surface area contributed by atoms with Gasteiger partial charge in [0.05, 0.1) is 12.9 Å². The smallest absolute Gasteiger partial charge is 0.273 e. The fraction of sp³-hybridized carbons (Fsp3) is 0.500. The lowest BCUT2D eigenvalue weighted by Crippen LogP contribution is -2.22. The maximum Gasteiger partial charge on any atom is 0.273 e. The number of ether oxygens (including phenoxy) is 1. The van der Waals surface area contributed by atoms with Gasteiger partial charge in [-0.05, 0) is 24.7 Å². The van der Waals surface area contributed by atoms with E-state index in [1.165, 1.54) is 6.33 Å². The Morgan fingerprint density at radius 1 is 1.53 bits per heavy atom. The molecule has 1 aromatic rings. The highest BCUT2D eigenvalue weighted by atomic mass is 35.5. The van der Waals surface area contributed by atoms with Crippen LogP contribution in [0.1, 0.15) is 19.8 Å². The van der Waals surface area contributed by atoms with Gasteiger partial charge < -0.3 is 9.72 Å². The van der Waals surface area contributed by atoms with E-state index in [0.29, 0.717) is 18.4 Å². The molecule has 0 aliphatic heterocycles. The Balaban J connectivity index is 2.00. The van der Waals surface area contributed by atoms with Gasteiger partial charge in [-0.25, -0.2) is 4.98 Å². The number of rotatable bonds is 3. The third-order valence-electron chi connectivity index (χ3n) is 3.12. The van der Waals surface area contributed by atoms with E-state index in [4.69, 9.17) is 16.3 Å². The minimum atomic E-state index is -0.367. The largest absolute Gasteiger partial charge is 0.476 e. The van der Waals surface area contributed by atoms with Crippen LogP contribution in [-0.2, 0) is 0 Å². The summed E-state index contributed by atoms with van der Waals surface area (Å²) in [6.07, 6.45) is 7.74. The van der Waals surface area contributed by atoms with Gasteiger partial charge in [-0.3, -0.25) is 4.79 Å². The summed E-state index contributed by atoms with van der Waals surface area (Å²) >= 11 is 5.80. The fourth-order valence-electron chi connectivity index (χ4n) is 1.89. The highest BCUT2D eigenvalue weighted by Gasteiger charge is 2.19. The van der Waals surface area contributed by atoms with Gasteiger partial charge in [-0.15, -0.1) is 0 Å². The lowest BCUT2D eigenvalue weighted by molar-refractivity contribution is 0.192. The summed E-state index contributed by atoms with van der Waals surface area (Å²) in [5.41, 5.74) is -0.367. The number of halogens is 1. The topological polar surface area (TPSA) is 55.0 Å². The molecule has 1 heterocycles. The summed E-state index contributed by atoms with van der Waals surface area (Å²) in [5, 5.41) is 0.0199.